The van der Waals surface area contributed by atoms with E-state index in [-0.39, 0.29) is 5.82 Å². The molecule has 0 spiro atoms. The third-order valence-corrected chi connectivity index (χ3v) is 2.39. The van der Waals surface area contributed by atoms with E-state index in [9.17, 15) is 9.50 Å². The van der Waals surface area contributed by atoms with Crippen molar-refractivity contribution in [2.75, 3.05) is 0 Å². The molecule has 82 valence electrons. The van der Waals surface area contributed by atoms with E-state index in [1.54, 1.807) is 25.1 Å². The van der Waals surface area contributed by atoms with Crippen LogP contribution >= 0.6 is 0 Å². The van der Waals surface area contributed by atoms with Gasteiger partial charge in [-0.2, -0.15) is 0 Å². The molecule has 0 saturated carbocycles. The molecule has 1 atom stereocenters. The van der Waals surface area contributed by atoms with E-state index < -0.39 is 5.60 Å². The van der Waals surface area contributed by atoms with Crippen LogP contribution in [-0.2, 0) is 6.42 Å². The van der Waals surface area contributed by atoms with Gasteiger partial charge in [-0.1, -0.05) is 18.2 Å². The molecular weight excluding hydrogens is 191 g/mol. The fourth-order valence-corrected chi connectivity index (χ4v) is 1.54. The largest absolute Gasteiger partial charge is 0.390 e. The van der Waals surface area contributed by atoms with E-state index >= 15 is 0 Å². The van der Waals surface area contributed by atoms with Gasteiger partial charge in [-0.05, 0) is 37.5 Å². The predicted molar refractivity (Wildman–Crippen MR) is 60.2 cm³/mol. The second-order valence-electron chi connectivity index (χ2n) is 4.13. The Morgan fingerprint density at radius 1 is 1.40 bits per heavy atom. The summed E-state index contributed by atoms with van der Waals surface area (Å²) in [6.07, 6.45) is 3.79. The van der Waals surface area contributed by atoms with E-state index in [1.165, 1.54) is 12.1 Å². The van der Waals surface area contributed by atoms with Crippen molar-refractivity contribution in [2.45, 2.75) is 31.8 Å². The first-order valence-electron chi connectivity index (χ1n) is 5.11. The fourth-order valence-electron chi connectivity index (χ4n) is 1.54. The molecule has 1 N–H and O–H groups in total. The highest BCUT2D eigenvalue weighted by molar-refractivity contribution is 5.17. The summed E-state index contributed by atoms with van der Waals surface area (Å²) in [6, 6.07) is 6.24. The Morgan fingerprint density at radius 3 is 2.53 bits per heavy atom. The molecule has 1 aromatic carbocycles. The highest BCUT2D eigenvalue weighted by Crippen LogP contribution is 2.19. The minimum atomic E-state index is -0.744. The highest BCUT2D eigenvalue weighted by Gasteiger charge is 2.19. The van der Waals surface area contributed by atoms with Crippen molar-refractivity contribution in [3.05, 3.63) is 48.3 Å². The maximum Gasteiger partial charge on any atom is 0.123 e. The Labute approximate surface area is 90.3 Å². The van der Waals surface area contributed by atoms with Gasteiger partial charge in [0.25, 0.3) is 0 Å². The summed E-state index contributed by atoms with van der Waals surface area (Å²) in [7, 11) is 0. The van der Waals surface area contributed by atoms with Gasteiger partial charge in [0, 0.05) is 6.42 Å². The second kappa shape index (κ2) is 5.08. The molecule has 0 aromatic heterocycles. The first-order chi connectivity index (χ1) is 7.03. The molecular formula is C13H17FO. The number of rotatable bonds is 5. The Kier molecular flexibility index (Phi) is 4.04. The second-order valence-corrected chi connectivity index (χ2v) is 4.13. The van der Waals surface area contributed by atoms with Gasteiger partial charge < -0.3 is 5.11 Å². The Morgan fingerprint density at radius 2 is 2.00 bits per heavy atom. The molecule has 0 amide bonds. The minimum absolute atomic E-state index is 0.246. The molecule has 0 aliphatic rings. The lowest BCUT2D eigenvalue weighted by atomic mass is 9.92. The van der Waals surface area contributed by atoms with Crippen LogP contribution in [0.5, 0.6) is 0 Å². The average molecular weight is 208 g/mol. The van der Waals surface area contributed by atoms with Crippen LogP contribution in [0.2, 0.25) is 0 Å². The summed E-state index contributed by atoms with van der Waals surface area (Å²) in [4.78, 5) is 0. The molecule has 0 aliphatic heterocycles. The predicted octanol–water partition coefficient (Wildman–Crippen LogP) is 3.09. The zero-order chi connectivity index (χ0) is 11.3. The molecule has 0 radical (unpaired) electrons. The molecule has 0 bridgehead atoms. The zero-order valence-corrected chi connectivity index (χ0v) is 9.04. The van der Waals surface area contributed by atoms with Gasteiger partial charge in [0.05, 0.1) is 5.60 Å². The third kappa shape index (κ3) is 4.26. The summed E-state index contributed by atoms with van der Waals surface area (Å²) >= 11 is 0. The fraction of sp³-hybridized carbons (Fsp3) is 0.385. The van der Waals surface area contributed by atoms with E-state index in [1.807, 2.05) is 0 Å². The molecule has 0 heterocycles. The SMILES string of the molecule is C=CCCC(C)(O)Cc1ccc(F)cc1. The van der Waals surface area contributed by atoms with Crippen LogP contribution in [0.3, 0.4) is 0 Å². The van der Waals surface area contributed by atoms with Crippen molar-refractivity contribution < 1.29 is 9.50 Å². The molecule has 15 heavy (non-hydrogen) atoms. The smallest absolute Gasteiger partial charge is 0.123 e. The van der Waals surface area contributed by atoms with E-state index in [0.717, 1.165) is 12.0 Å². The van der Waals surface area contributed by atoms with Crippen LogP contribution in [0.15, 0.2) is 36.9 Å². The van der Waals surface area contributed by atoms with Crippen LogP contribution in [-0.4, -0.2) is 10.7 Å². The lowest BCUT2D eigenvalue weighted by molar-refractivity contribution is 0.0523. The minimum Gasteiger partial charge on any atom is -0.390 e. The van der Waals surface area contributed by atoms with Crippen molar-refractivity contribution in [1.82, 2.24) is 0 Å². The van der Waals surface area contributed by atoms with Crippen molar-refractivity contribution in [3.63, 3.8) is 0 Å². The van der Waals surface area contributed by atoms with Gasteiger partial charge in [-0.25, -0.2) is 4.39 Å². The number of allylic oxidation sites excluding steroid dienone is 1. The van der Waals surface area contributed by atoms with E-state index in [2.05, 4.69) is 6.58 Å². The van der Waals surface area contributed by atoms with Crippen LogP contribution in [0.25, 0.3) is 0 Å². The zero-order valence-electron chi connectivity index (χ0n) is 9.04. The molecule has 1 aromatic rings. The Bertz CT molecular complexity index is 314. The summed E-state index contributed by atoms with van der Waals surface area (Å²) in [6.45, 7) is 5.41. The van der Waals surface area contributed by atoms with Crippen LogP contribution in [0, 0.1) is 5.82 Å². The number of halogens is 1. The van der Waals surface area contributed by atoms with Gasteiger partial charge in [0.15, 0.2) is 0 Å². The number of hydrogen-bond donors (Lipinski definition) is 1. The van der Waals surface area contributed by atoms with Crippen molar-refractivity contribution in [1.29, 1.82) is 0 Å². The van der Waals surface area contributed by atoms with Crippen molar-refractivity contribution in [2.24, 2.45) is 0 Å². The standard InChI is InChI=1S/C13H17FO/c1-3-4-9-13(2,15)10-11-5-7-12(14)8-6-11/h3,5-8,15H,1,4,9-10H2,2H3. The average Bonchev–Trinajstić information content (AvgIpc) is 2.18. The Balaban J connectivity index is 2.59. The monoisotopic (exact) mass is 208 g/mol. The number of hydrogen-bond acceptors (Lipinski definition) is 1. The normalized spacial score (nSPS) is 14.6. The van der Waals surface area contributed by atoms with Gasteiger partial charge >= 0.3 is 0 Å². The molecule has 1 nitrogen and oxygen atoms in total. The highest BCUT2D eigenvalue weighted by atomic mass is 19.1. The first-order valence-corrected chi connectivity index (χ1v) is 5.11. The quantitative estimate of drug-likeness (QED) is 0.737. The van der Waals surface area contributed by atoms with Crippen molar-refractivity contribution >= 4 is 0 Å². The van der Waals surface area contributed by atoms with Gasteiger partial charge in [-0.3, -0.25) is 0 Å². The molecule has 0 saturated heterocycles. The molecule has 0 fully saturated rings. The molecule has 1 unspecified atom stereocenters. The summed E-state index contributed by atoms with van der Waals surface area (Å²) in [5.41, 5.74) is 0.205. The van der Waals surface area contributed by atoms with Crippen LogP contribution < -0.4 is 0 Å². The maximum absolute atomic E-state index is 12.6. The topological polar surface area (TPSA) is 20.2 Å². The number of benzene rings is 1. The lowest BCUT2D eigenvalue weighted by Crippen LogP contribution is -2.26. The van der Waals surface area contributed by atoms with E-state index in [4.69, 9.17) is 0 Å². The molecule has 2 heteroatoms. The summed E-state index contributed by atoms with van der Waals surface area (Å²) < 4.78 is 12.6. The maximum atomic E-state index is 12.6. The number of aliphatic hydroxyl groups is 1. The molecule has 1 rings (SSSR count). The van der Waals surface area contributed by atoms with Gasteiger partial charge in [0.2, 0.25) is 0 Å². The van der Waals surface area contributed by atoms with Crippen LogP contribution in [0.1, 0.15) is 25.3 Å². The Hall–Kier alpha value is -1.15. The lowest BCUT2D eigenvalue weighted by Gasteiger charge is -2.22. The first kappa shape index (κ1) is 11.9. The third-order valence-electron chi connectivity index (χ3n) is 2.39. The van der Waals surface area contributed by atoms with Gasteiger partial charge in [0.1, 0.15) is 5.82 Å². The summed E-state index contributed by atoms with van der Waals surface area (Å²) in [5.74, 6) is -0.246. The summed E-state index contributed by atoms with van der Waals surface area (Å²) in [5, 5.41) is 10.0. The van der Waals surface area contributed by atoms with Crippen LogP contribution in [0.4, 0.5) is 4.39 Å². The van der Waals surface area contributed by atoms with Crippen molar-refractivity contribution in [3.8, 4) is 0 Å². The van der Waals surface area contributed by atoms with E-state index in [0.29, 0.717) is 12.8 Å². The molecule has 0 aliphatic carbocycles. The van der Waals surface area contributed by atoms with Gasteiger partial charge in [-0.15, -0.1) is 6.58 Å².